The molecule has 0 fully saturated rings. The summed E-state index contributed by atoms with van der Waals surface area (Å²) in [5, 5.41) is 8.59. The van der Waals surface area contributed by atoms with Gasteiger partial charge in [0.1, 0.15) is 0 Å². The van der Waals surface area contributed by atoms with Gasteiger partial charge >= 0.3 is 5.97 Å². The van der Waals surface area contributed by atoms with Gasteiger partial charge in [0.25, 0.3) is 0 Å². The van der Waals surface area contributed by atoms with Gasteiger partial charge in [-0.25, -0.2) is 0 Å². The number of aryl methyl sites for hydroxylation is 1. The number of aliphatic carboxylic acids is 1. The maximum absolute atomic E-state index is 10.4. The van der Waals surface area contributed by atoms with Gasteiger partial charge < -0.3 is 19.3 Å². The Labute approximate surface area is 119 Å². The minimum Gasteiger partial charge on any atom is -0.493 e. The van der Waals surface area contributed by atoms with Crippen molar-refractivity contribution in [1.29, 1.82) is 0 Å². The van der Waals surface area contributed by atoms with Crippen molar-refractivity contribution in [2.45, 2.75) is 32.1 Å². The van der Waals surface area contributed by atoms with Crippen molar-refractivity contribution in [2.24, 2.45) is 0 Å². The van der Waals surface area contributed by atoms with Crippen LogP contribution in [0.15, 0.2) is 12.1 Å². The number of unbranched alkanes of at least 4 members (excludes halogenated alkanes) is 2. The molecule has 0 heterocycles. The first-order valence-electron chi connectivity index (χ1n) is 6.63. The molecule has 0 aliphatic carbocycles. The number of ether oxygens (including phenoxy) is 3. The zero-order valence-electron chi connectivity index (χ0n) is 12.3. The summed E-state index contributed by atoms with van der Waals surface area (Å²) in [6, 6.07) is 3.81. The average Bonchev–Trinajstić information content (AvgIpc) is 2.45. The predicted molar refractivity (Wildman–Crippen MR) is 75.9 cm³/mol. The maximum Gasteiger partial charge on any atom is 0.303 e. The molecule has 0 atom stereocenters. The zero-order chi connectivity index (χ0) is 15.0. The Hall–Kier alpha value is -1.91. The summed E-state index contributed by atoms with van der Waals surface area (Å²) < 4.78 is 16.0. The van der Waals surface area contributed by atoms with E-state index < -0.39 is 5.97 Å². The Morgan fingerprint density at radius 3 is 2.25 bits per heavy atom. The number of rotatable bonds is 9. The standard InChI is InChI=1S/C15H22O5/c1-18-12-10-9-11(14(19-2)15(12)20-3)7-5-4-6-8-13(16)17/h9-10H,4-8H2,1-3H3,(H,16,17). The van der Waals surface area contributed by atoms with Crippen molar-refractivity contribution in [1.82, 2.24) is 0 Å². The fourth-order valence-electron chi connectivity index (χ4n) is 2.13. The Balaban J connectivity index is 2.67. The SMILES string of the molecule is COc1ccc(CCCCCC(=O)O)c(OC)c1OC. The second kappa shape index (κ2) is 8.30. The third-order valence-corrected chi connectivity index (χ3v) is 3.12. The lowest BCUT2D eigenvalue weighted by atomic mass is 10.0. The fourth-order valence-corrected chi connectivity index (χ4v) is 2.13. The number of benzene rings is 1. The van der Waals surface area contributed by atoms with Gasteiger partial charge in [0, 0.05) is 6.42 Å². The highest BCUT2D eigenvalue weighted by molar-refractivity contribution is 5.66. The highest BCUT2D eigenvalue weighted by atomic mass is 16.5. The summed E-state index contributed by atoms with van der Waals surface area (Å²) in [6.45, 7) is 0. The summed E-state index contributed by atoms with van der Waals surface area (Å²) in [7, 11) is 4.77. The second-order valence-corrected chi connectivity index (χ2v) is 4.45. The van der Waals surface area contributed by atoms with Crippen LogP contribution < -0.4 is 14.2 Å². The van der Waals surface area contributed by atoms with Crippen LogP contribution in [0.5, 0.6) is 17.2 Å². The van der Waals surface area contributed by atoms with Crippen LogP contribution in [-0.4, -0.2) is 32.4 Å². The van der Waals surface area contributed by atoms with Gasteiger partial charge in [0.2, 0.25) is 5.75 Å². The van der Waals surface area contributed by atoms with E-state index in [1.165, 1.54) is 0 Å². The summed E-state index contributed by atoms with van der Waals surface area (Å²) >= 11 is 0. The molecular weight excluding hydrogens is 260 g/mol. The van der Waals surface area contributed by atoms with Gasteiger partial charge in [-0.05, 0) is 30.9 Å². The molecule has 0 radical (unpaired) electrons. The van der Waals surface area contributed by atoms with Gasteiger partial charge in [0.05, 0.1) is 21.3 Å². The molecule has 0 saturated heterocycles. The molecule has 0 saturated carbocycles. The molecule has 0 aliphatic rings. The average molecular weight is 282 g/mol. The van der Waals surface area contributed by atoms with E-state index in [0.29, 0.717) is 23.7 Å². The number of carboxylic acids is 1. The lowest BCUT2D eigenvalue weighted by molar-refractivity contribution is -0.137. The monoisotopic (exact) mass is 282 g/mol. The van der Waals surface area contributed by atoms with E-state index in [-0.39, 0.29) is 6.42 Å². The minimum atomic E-state index is -0.742. The van der Waals surface area contributed by atoms with Gasteiger partial charge in [-0.2, -0.15) is 0 Å². The molecule has 5 nitrogen and oxygen atoms in total. The fraction of sp³-hybridized carbons (Fsp3) is 0.533. The molecular formula is C15H22O5. The van der Waals surface area contributed by atoms with Gasteiger partial charge in [-0.1, -0.05) is 12.5 Å². The van der Waals surface area contributed by atoms with Crippen LogP contribution in [0.4, 0.5) is 0 Å². The molecule has 0 unspecified atom stereocenters. The molecule has 0 spiro atoms. The van der Waals surface area contributed by atoms with Crippen LogP contribution in [0.3, 0.4) is 0 Å². The number of carbonyl (C=O) groups is 1. The molecule has 1 aromatic carbocycles. The Bertz CT molecular complexity index is 442. The van der Waals surface area contributed by atoms with E-state index >= 15 is 0 Å². The first-order chi connectivity index (χ1) is 9.63. The van der Waals surface area contributed by atoms with Crippen LogP contribution in [0.2, 0.25) is 0 Å². The van der Waals surface area contributed by atoms with Crippen molar-refractivity contribution in [3.8, 4) is 17.2 Å². The van der Waals surface area contributed by atoms with Crippen LogP contribution in [0.25, 0.3) is 0 Å². The van der Waals surface area contributed by atoms with E-state index in [4.69, 9.17) is 19.3 Å². The second-order valence-electron chi connectivity index (χ2n) is 4.45. The molecule has 1 N–H and O–H groups in total. The normalized spacial score (nSPS) is 10.2. The molecule has 0 amide bonds. The third kappa shape index (κ3) is 4.33. The highest BCUT2D eigenvalue weighted by Gasteiger charge is 2.15. The molecule has 20 heavy (non-hydrogen) atoms. The van der Waals surface area contributed by atoms with E-state index in [2.05, 4.69) is 0 Å². The van der Waals surface area contributed by atoms with E-state index in [1.807, 2.05) is 12.1 Å². The smallest absolute Gasteiger partial charge is 0.303 e. The molecule has 1 aromatic rings. The van der Waals surface area contributed by atoms with Crippen molar-refractivity contribution in [2.75, 3.05) is 21.3 Å². The van der Waals surface area contributed by atoms with Crippen molar-refractivity contribution < 1.29 is 24.1 Å². The van der Waals surface area contributed by atoms with Crippen molar-refractivity contribution in [3.05, 3.63) is 17.7 Å². The topological polar surface area (TPSA) is 65.0 Å². The molecule has 1 rings (SSSR count). The third-order valence-electron chi connectivity index (χ3n) is 3.12. The summed E-state index contributed by atoms with van der Waals surface area (Å²) in [4.78, 5) is 10.4. The number of methoxy groups -OCH3 is 3. The lowest BCUT2D eigenvalue weighted by Crippen LogP contribution is -1.99. The van der Waals surface area contributed by atoms with Crippen LogP contribution in [0.1, 0.15) is 31.2 Å². The van der Waals surface area contributed by atoms with Crippen molar-refractivity contribution >= 4 is 5.97 Å². The summed E-state index contributed by atoms with van der Waals surface area (Å²) in [5.74, 6) is 1.18. The Kier molecular flexibility index (Phi) is 6.70. The van der Waals surface area contributed by atoms with Crippen LogP contribution >= 0.6 is 0 Å². The molecule has 5 heteroatoms. The Morgan fingerprint density at radius 2 is 1.70 bits per heavy atom. The van der Waals surface area contributed by atoms with Gasteiger partial charge in [-0.3, -0.25) is 4.79 Å². The zero-order valence-corrected chi connectivity index (χ0v) is 12.3. The highest BCUT2D eigenvalue weighted by Crippen LogP contribution is 2.40. The van der Waals surface area contributed by atoms with E-state index in [9.17, 15) is 4.79 Å². The molecule has 0 bridgehead atoms. The first-order valence-corrected chi connectivity index (χ1v) is 6.63. The lowest BCUT2D eigenvalue weighted by Gasteiger charge is -2.15. The van der Waals surface area contributed by atoms with Gasteiger partial charge in [0.15, 0.2) is 11.5 Å². The summed E-state index contributed by atoms with van der Waals surface area (Å²) in [6.07, 6.45) is 3.54. The van der Waals surface area contributed by atoms with E-state index in [1.54, 1.807) is 21.3 Å². The van der Waals surface area contributed by atoms with Crippen LogP contribution in [0, 0.1) is 0 Å². The first kappa shape index (κ1) is 16.1. The number of carboxylic acid groups (broad SMARTS) is 1. The van der Waals surface area contributed by atoms with Gasteiger partial charge in [-0.15, -0.1) is 0 Å². The van der Waals surface area contributed by atoms with Crippen LogP contribution in [-0.2, 0) is 11.2 Å². The molecule has 112 valence electrons. The van der Waals surface area contributed by atoms with E-state index in [0.717, 1.165) is 24.8 Å². The molecule has 0 aromatic heterocycles. The molecule has 0 aliphatic heterocycles. The number of hydrogen-bond donors (Lipinski definition) is 1. The largest absolute Gasteiger partial charge is 0.493 e. The predicted octanol–water partition coefficient (Wildman–Crippen LogP) is 2.90. The Morgan fingerprint density at radius 1 is 1.00 bits per heavy atom. The quantitative estimate of drug-likeness (QED) is 0.705. The summed E-state index contributed by atoms with van der Waals surface area (Å²) in [5.41, 5.74) is 1.04. The maximum atomic E-state index is 10.4. The number of hydrogen-bond acceptors (Lipinski definition) is 4. The van der Waals surface area contributed by atoms with Crippen molar-refractivity contribution in [3.63, 3.8) is 0 Å². The minimum absolute atomic E-state index is 0.225.